The Labute approximate surface area is 120 Å². The number of methoxy groups -OCH3 is 1. The van der Waals surface area contributed by atoms with Gasteiger partial charge in [0.1, 0.15) is 0 Å². The van der Waals surface area contributed by atoms with E-state index in [1.165, 1.54) is 25.7 Å². The summed E-state index contributed by atoms with van der Waals surface area (Å²) in [5.41, 5.74) is 0.401. The lowest BCUT2D eigenvalue weighted by molar-refractivity contribution is -0.00569. The van der Waals surface area contributed by atoms with Crippen LogP contribution in [0.3, 0.4) is 0 Å². The van der Waals surface area contributed by atoms with Crippen LogP contribution in [-0.2, 0) is 4.74 Å². The molecule has 1 saturated carbocycles. The molecule has 0 amide bonds. The van der Waals surface area contributed by atoms with Gasteiger partial charge < -0.3 is 10.1 Å². The van der Waals surface area contributed by atoms with Gasteiger partial charge in [-0.2, -0.15) is 0 Å². The molecule has 0 heterocycles. The lowest BCUT2D eigenvalue weighted by Gasteiger charge is -2.45. The third kappa shape index (κ3) is 4.75. The highest BCUT2D eigenvalue weighted by molar-refractivity contribution is 4.92. The Morgan fingerprint density at radius 3 is 2.26 bits per heavy atom. The first kappa shape index (κ1) is 17.0. The molecule has 0 spiro atoms. The maximum atomic E-state index is 5.58. The van der Waals surface area contributed by atoms with Crippen molar-refractivity contribution in [3.8, 4) is 0 Å². The zero-order chi connectivity index (χ0) is 14.7. The first-order valence-corrected chi connectivity index (χ1v) is 7.94. The zero-order valence-electron chi connectivity index (χ0n) is 14.2. The standard InChI is InChI=1S/C17H35NO/c1-13-8-9-14(15(12-13)18-6)16(2,3)10-11-17(4,5)19-7/h13-15,18H,8-12H2,1-7H3. The van der Waals surface area contributed by atoms with Crippen LogP contribution in [-0.4, -0.2) is 25.8 Å². The van der Waals surface area contributed by atoms with Crippen molar-refractivity contribution in [1.82, 2.24) is 5.32 Å². The Hall–Kier alpha value is -0.0800. The molecule has 0 saturated heterocycles. The van der Waals surface area contributed by atoms with E-state index in [-0.39, 0.29) is 5.60 Å². The average Bonchev–Trinajstić information content (AvgIpc) is 2.36. The largest absolute Gasteiger partial charge is 0.379 e. The van der Waals surface area contributed by atoms with Crippen LogP contribution in [0.15, 0.2) is 0 Å². The van der Waals surface area contributed by atoms with E-state index in [1.54, 1.807) is 0 Å². The van der Waals surface area contributed by atoms with E-state index in [1.807, 2.05) is 7.11 Å². The van der Waals surface area contributed by atoms with Crippen molar-refractivity contribution in [2.75, 3.05) is 14.2 Å². The van der Waals surface area contributed by atoms with Gasteiger partial charge in [0.15, 0.2) is 0 Å². The van der Waals surface area contributed by atoms with Crippen LogP contribution in [0.25, 0.3) is 0 Å². The summed E-state index contributed by atoms with van der Waals surface area (Å²) in [5, 5.41) is 3.57. The van der Waals surface area contributed by atoms with E-state index in [2.05, 4.69) is 47.0 Å². The summed E-state index contributed by atoms with van der Waals surface area (Å²) >= 11 is 0. The average molecular weight is 269 g/mol. The first-order valence-electron chi connectivity index (χ1n) is 7.94. The monoisotopic (exact) mass is 269 g/mol. The van der Waals surface area contributed by atoms with E-state index < -0.39 is 0 Å². The van der Waals surface area contributed by atoms with Crippen molar-refractivity contribution >= 4 is 0 Å². The maximum Gasteiger partial charge on any atom is 0.0623 e. The number of hydrogen-bond donors (Lipinski definition) is 1. The third-order valence-corrected chi connectivity index (χ3v) is 5.41. The van der Waals surface area contributed by atoms with Gasteiger partial charge in [0, 0.05) is 13.2 Å². The molecule has 0 aliphatic heterocycles. The van der Waals surface area contributed by atoms with Gasteiger partial charge in [-0.25, -0.2) is 0 Å². The number of rotatable bonds is 6. The second kappa shape index (κ2) is 6.58. The van der Waals surface area contributed by atoms with E-state index >= 15 is 0 Å². The second-order valence-corrected chi connectivity index (χ2v) is 7.87. The first-order chi connectivity index (χ1) is 8.72. The molecule has 3 atom stereocenters. The molecule has 1 aliphatic rings. The van der Waals surface area contributed by atoms with E-state index in [9.17, 15) is 0 Å². The van der Waals surface area contributed by atoms with Crippen molar-refractivity contribution in [3.63, 3.8) is 0 Å². The smallest absolute Gasteiger partial charge is 0.0623 e. The molecule has 0 radical (unpaired) electrons. The molecule has 1 N–H and O–H groups in total. The fourth-order valence-electron chi connectivity index (χ4n) is 3.55. The predicted molar refractivity (Wildman–Crippen MR) is 83.5 cm³/mol. The van der Waals surface area contributed by atoms with Crippen LogP contribution in [0.2, 0.25) is 0 Å². The summed E-state index contributed by atoms with van der Waals surface area (Å²) in [7, 11) is 3.95. The number of nitrogens with one attached hydrogen (secondary N) is 1. The summed E-state index contributed by atoms with van der Waals surface area (Å²) in [6, 6.07) is 0.685. The molecule has 1 aliphatic carbocycles. The minimum Gasteiger partial charge on any atom is -0.379 e. The predicted octanol–water partition coefficient (Wildman–Crippen LogP) is 4.24. The highest BCUT2D eigenvalue weighted by Gasteiger charge is 2.38. The van der Waals surface area contributed by atoms with Crippen molar-refractivity contribution in [2.24, 2.45) is 17.3 Å². The lowest BCUT2D eigenvalue weighted by Crippen LogP contribution is -2.46. The van der Waals surface area contributed by atoms with Gasteiger partial charge in [-0.05, 0) is 63.8 Å². The topological polar surface area (TPSA) is 21.3 Å². The van der Waals surface area contributed by atoms with E-state index in [0.29, 0.717) is 11.5 Å². The Morgan fingerprint density at radius 2 is 1.74 bits per heavy atom. The van der Waals surface area contributed by atoms with Crippen molar-refractivity contribution in [3.05, 3.63) is 0 Å². The fourth-order valence-corrected chi connectivity index (χ4v) is 3.55. The minimum atomic E-state index is 0.00830. The van der Waals surface area contributed by atoms with Gasteiger partial charge in [0.2, 0.25) is 0 Å². The Balaban J connectivity index is 2.64. The molecule has 0 aromatic carbocycles. The molecule has 3 unspecified atom stereocenters. The summed E-state index contributed by atoms with van der Waals surface area (Å²) in [6.07, 6.45) is 6.47. The minimum absolute atomic E-state index is 0.00830. The van der Waals surface area contributed by atoms with Crippen LogP contribution in [0.1, 0.15) is 66.7 Å². The van der Waals surface area contributed by atoms with Gasteiger partial charge in [-0.15, -0.1) is 0 Å². The Morgan fingerprint density at radius 1 is 1.11 bits per heavy atom. The van der Waals surface area contributed by atoms with E-state index in [4.69, 9.17) is 4.74 Å². The molecule has 1 fully saturated rings. The van der Waals surface area contributed by atoms with Crippen LogP contribution < -0.4 is 5.32 Å². The molecule has 2 nitrogen and oxygen atoms in total. The zero-order valence-corrected chi connectivity index (χ0v) is 14.2. The molecular weight excluding hydrogens is 234 g/mol. The molecular formula is C17H35NO. The van der Waals surface area contributed by atoms with Crippen molar-refractivity contribution in [1.29, 1.82) is 0 Å². The van der Waals surface area contributed by atoms with Crippen LogP contribution in [0.4, 0.5) is 0 Å². The number of hydrogen-bond acceptors (Lipinski definition) is 2. The highest BCUT2D eigenvalue weighted by atomic mass is 16.5. The lowest BCUT2D eigenvalue weighted by atomic mass is 9.64. The Kier molecular flexibility index (Phi) is 5.88. The molecule has 1 rings (SSSR count). The SMILES string of the molecule is CNC1CC(C)CCC1C(C)(C)CCC(C)(C)OC. The second-order valence-electron chi connectivity index (χ2n) is 7.87. The number of ether oxygens (including phenoxy) is 1. The van der Waals surface area contributed by atoms with Crippen LogP contribution >= 0.6 is 0 Å². The van der Waals surface area contributed by atoms with Gasteiger partial charge in [-0.3, -0.25) is 0 Å². The van der Waals surface area contributed by atoms with Crippen molar-refractivity contribution in [2.45, 2.75) is 78.4 Å². The van der Waals surface area contributed by atoms with Gasteiger partial charge in [0.25, 0.3) is 0 Å². The molecule has 0 aromatic rings. The summed E-state index contributed by atoms with van der Waals surface area (Å²) in [4.78, 5) is 0. The molecule has 0 aromatic heterocycles. The van der Waals surface area contributed by atoms with E-state index in [0.717, 1.165) is 18.3 Å². The fraction of sp³-hybridized carbons (Fsp3) is 1.00. The van der Waals surface area contributed by atoms with Crippen molar-refractivity contribution < 1.29 is 4.74 Å². The summed E-state index contributed by atoms with van der Waals surface area (Å²) < 4.78 is 5.58. The van der Waals surface area contributed by atoms with Crippen LogP contribution in [0, 0.1) is 17.3 Å². The molecule has 19 heavy (non-hydrogen) atoms. The normalized spacial score (nSPS) is 29.5. The van der Waals surface area contributed by atoms with Gasteiger partial charge >= 0.3 is 0 Å². The molecule has 2 heteroatoms. The molecule has 114 valence electrons. The third-order valence-electron chi connectivity index (χ3n) is 5.41. The maximum absolute atomic E-state index is 5.58. The quantitative estimate of drug-likeness (QED) is 0.778. The van der Waals surface area contributed by atoms with Gasteiger partial charge in [-0.1, -0.05) is 27.2 Å². The Bertz CT molecular complexity index is 272. The van der Waals surface area contributed by atoms with Crippen LogP contribution in [0.5, 0.6) is 0 Å². The van der Waals surface area contributed by atoms with Gasteiger partial charge in [0.05, 0.1) is 5.60 Å². The summed E-state index contributed by atoms with van der Waals surface area (Å²) in [6.45, 7) is 11.7. The summed E-state index contributed by atoms with van der Waals surface area (Å²) in [5.74, 6) is 1.67. The highest BCUT2D eigenvalue weighted by Crippen LogP contribution is 2.43. The molecule has 0 bridgehead atoms.